The molecule has 0 atom stereocenters. The van der Waals surface area contributed by atoms with Gasteiger partial charge in [0.1, 0.15) is 23.7 Å². The van der Waals surface area contributed by atoms with Gasteiger partial charge in [0.25, 0.3) is 0 Å². The number of allylic oxidation sites excluding steroid dienone is 3. The van der Waals surface area contributed by atoms with Gasteiger partial charge in [-0.25, -0.2) is 14.4 Å². The van der Waals surface area contributed by atoms with Gasteiger partial charge in [0.15, 0.2) is 0 Å². The van der Waals surface area contributed by atoms with Crippen LogP contribution in [0.2, 0.25) is 0 Å². The molecule has 2 N–H and O–H groups in total. The molecular weight excluding hydrogens is 332 g/mol. The summed E-state index contributed by atoms with van der Waals surface area (Å²) in [6.07, 6.45) is 7.77. The van der Waals surface area contributed by atoms with E-state index in [1.807, 2.05) is 0 Å². The van der Waals surface area contributed by atoms with Gasteiger partial charge in [-0.3, -0.25) is 0 Å². The molecule has 0 spiro atoms. The normalized spacial score (nSPS) is 11.5. The number of carboxylic acid groups (broad SMARTS) is 1. The molecule has 0 saturated heterocycles. The van der Waals surface area contributed by atoms with Crippen molar-refractivity contribution in [2.75, 3.05) is 7.11 Å². The zero-order valence-corrected chi connectivity index (χ0v) is 13.7. The predicted octanol–water partition coefficient (Wildman–Crippen LogP) is 1.41. The van der Waals surface area contributed by atoms with Crippen molar-refractivity contribution < 1.29 is 33.7 Å². The number of aliphatic hydroxyl groups is 1. The Balaban J connectivity index is 3.18. The average molecular weight is 350 g/mol. The summed E-state index contributed by atoms with van der Waals surface area (Å²) in [6.45, 7) is 0.775. The van der Waals surface area contributed by atoms with Gasteiger partial charge in [-0.15, -0.1) is 0 Å². The maximum absolute atomic E-state index is 12.1. The maximum atomic E-state index is 12.1. The highest BCUT2D eigenvalue weighted by atomic mass is 16.5. The summed E-state index contributed by atoms with van der Waals surface area (Å²) < 4.78 is 15.0. The van der Waals surface area contributed by atoms with E-state index in [1.165, 1.54) is 19.3 Å². The quantitative estimate of drug-likeness (QED) is 0.410. The highest BCUT2D eigenvalue weighted by Crippen LogP contribution is 2.26. The Morgan fingerprint density at radius 3 is 2.48 bits per heavy atom. The van der Waals surface area contributed by atoms with Crippen LogP contribution in [-0.2, 0) is 27.5 Å². The first-order valence-corrected chi connectivity index (χ1v) is 7.15. The average Bonchev–Trinajstić information content (AvgIpc) is 2.58. The number of hydrogen-bond acceptors (Lipinski definition) is 7. The van der Waals surface area contributed by atoms with Gasteiger partial charge in [-0.05, 0) is 13.0 Å². The van der Waals surface area contributed by atoms with Gasteiger partial charge in [-0.2, -0.15) is 0 Å². The molecule has 1 rings (SSSR count). The van der Waals surface area contributed by atoms with Crippen LogP contribution in [0.25, 0.3) is 6.08 Å². The zero-order chi connectivity index (χ0) is 18.8. The second kappa shape index (κ2) is 9.89. The smallest absolute Gasteiger partial charge is 0.346 e. The molecule has 0 aromatic carbocycles. The number of rotatable bonds is 8. The molecule has 134 valence electrons. The van der Waals surface area contributed by atoms with E-state index >= 15 is 0 Å². The van der Waals surface area contributed by atoms with E-state index in [4.69, 9.17) is 19.0 Å². The Morgan fingerprint density at radius 1 is 1.20 bits per heavy atom. The van der Waals surface area contributed by atoms with E-state index in [0.717, 1.165) is 12.2 Å². The summed E-state index contributed by atoms with van der Waals surface area (Å²) in [4.78, 5) is 34.2. The maximum Gasteiger partial charge on any atom is 0.346 e. The Hall–Kier alpha value is -3.13. The summed E-state index contributed by atoms with van der Waals surface area (Å²) in [7, 11) is 1.26. The molecule has 0 amide bonds. The molecule has 0 aliphatic heterocycles. The van der Waals surface area contributed by atoms with E-state index in [0.29, 0.717) is 0 Å². The minimum absolute atomic E-state index is 0.0333. The lowest BCUT2D eigenvalue weighted by Gasteiger charge is -2.12. The van der Waals surface area contributed by atoms with Crippen molar-refractivity contribution in [1.82, 2.24) is 0 Å². The van der Waals surface area contributed by atoms with E-state index in [9.17, 15) is 19.5 Å². The van der Waals surface area contributed by atoms with Crippen LogP contribution in [0, 0.1) is 0 Å². The van der Waals surface area contributed by atoms with Crippen molar-refractivity contribution in [3.05, 3.63) is 57.7 Å². The lowest BCUT2D eigenvalue weighted by atomic mass is 10.1. The van der Waals surface area contributed by atoms with Gasteiger partial charge < -0.3 is 24.1 Å². The van der Waals surface area contributed by atoms with Crippen LogP contribution in [-0.4, -0.2) is 29.3 Å². The molecule has 0 aliphatic carbocycles. The molecule has 0 fully saturated rings. The molecule has 1 aromatic rings. The van der Waals surface area contributed by atoms with Crippen molar-refractivity contribution in [2.45, 2.75) is 20.1 Å². The molecule has 1 aromatic heterocycles. The Labute approximate surface area is 143 Å². The first-order valence-electron chi connectivity index (χ1n) is 7.15. The van der Waals surface area contributed by atoms with Crippen LogP contribution in [0.5, 0.6) is 5.75 Å². The number of aliphatic carboxylic acids is 1. The van der Waals surface area contributed by atoms with Crippen LogP contribution in [0.4, 0.5) is 0 Å². The van der Waals surface area contributed by atoms with E-state index < -0.39 is 30.8 Å². The van der Waals surface area contributed by atoms with Gasteiger partial charge in [0.2, 0.25) is 0 Å². The van der Waals surface area contributed by atoms with Crippen LogP contribution >= 0.6 is 0 Å². The number of hydrogen-bond donors (Lipinski definition) is 2. The number of esters is 1. The second-order valence-corrected chi connectivity index (χ2v) is 4.57. The van der Waals surface area contributed by atoms with Crippen molar-refractivity contribution in [1.29, 1.82) is 0 Å². The zero-order valence-electron chi connectivity index (χ0n) is 13.7. The van der Waals surface area contributed by atoms with E-state index in [1.54, 1.807) is 19.1 Å². The molecular formula is C17H18O8. The second-order valence-electron chi connectivity index (χ2n) is 4.57. The molecule has 0 radical (unpaired) electrons. The van der Waals surface area contributed by atoms with Crippen LogP contribution in [0.15, 0.2) is 39.6 Å². The van der Waals surface area contributed by atoms with Crippen LogP contribution in [0.3, 0.4) is 0 Å². The third-order valence-corrected chi connectivity index (χ3v) is 2.93. The molecule has 0 bridgehead atoms. The van der Waals surface area contributed by atoms with Gasteiger partial charge in [0.05, 0.1) is 19.3 Å². The summed E-state index contributed by atoms with van der Waals surface area (Å²) in [6, 6.07) is 0. The molecule has 0 aliphatic rings. The van der Waals surface area contributed by atoms with Crippen molar-refractivity contribution in [3.63, 3.8) is 0 Å². The molecule has 8 nitrogen and oxygen atoms in total. The summed E-state index contributed by atoms with van der Waals surface area (Å²) in [5.41, 5.74) is -0.911. The summed E-state index contributed by atoms with van der Waals surface area (Å²) in [5, 5.41) is 18.1. The van der Waals surface area contributed by atoms with Gasteiger partial charge in [-0.1, -0.05) is 18.2 Å². The topological polar surface area (TPSA) is 123 Å². The summed E-state index contributed by atoms with van der Waals surface area (Å²) >= 11 is 0. The molecule has 0 saturated carbocycles. The largest absolute Gasteiger partial charge is 0.496 e. The van der Waals surface area contributed by atoms with E-state index in [2.05, 4.69) is 0 Å². The van der Waals surface area contributed by atoms with E-state index in [-0.39, 0.29) is 22.6 Å². The van der Waals surface area contributed by atoms with Crippen molar-refractivity contribution in [3.8, 4) is 5.75 Å². The van der Waals surface area contributed by atoms with Gasteiger partial charge >= 0.3 is 17.6 Å². The van der Waals surface area contributed by atoms with Crippen molar-refractivity contribution >= 4 is 18.0 Å². The minimum atomic E-state index is -1.25. The van der Waals surface area contributed by atoms with Gasteiger partial charge in [0, 0.05) is 12.2 Å². The Kier molecular flexibility index (Phi) is 7.88. The Morgan fingerprint density at radius 2 is 1.92 bits per heavy atom. The number of carbonyl (C=O) groups excluding carboxylic acids is 1. The number of carboxylic acids is 1. The molecule has 1 heterocycles. The number of aliphatic hydroxyl groups excluding tert-OH is 1. The molecule has 0 unspecified atom stereocenters. The SMILES string of the molecule is C/C=C/C=C/C(=O)OCc1c(OC)c(CO)c(/C=C/C(=O)O)oc1=O. The van der Waals surface area contributed by atoms with Crippen molar-refractivity contribution in [2.24, 2.45) is 0 Å². The summed E-state index contributed by atoms with van der Waals surface area (Å²) in [5.74, 6) is -2.12. The standard InChI is InChI=1S/C17H18O8/c1-3-4-5-6-15(21)24-10-12-16(23-2)11(9-18)13(25-17(12)22)7-8-14(19)20/h3-8,18H,9-10H2,1-2H3,(H,19,20)/b4-3+,6-5+,8-7+. The lowest BCUT2D eigenvalue weighted by molar-refractivity contribution is -0.139. The predicted molar refractivity (Wildman–Crippen MR) is 87.9 cm³/mol. The fourth-order valence-corrected chi connectivity index (χ4v) is 1.85. The third kappa shape index (κ3) is 5.78. The lowest BCUT2D eigenvalue weighted by Crippen LogP contribution is -2.16. The monoisotopic (exact) mass is 350 g/mol. The minimum Gasteiger partial charge on any atom is -0.496 e. The fourth-order valence-electron chi connectivity index (χ4n) is 1.85. The highest BCUT2D eigenvalue weighted by molar-refractivity contribution is 5.85. The first-order chi connectivity index (χ1) is 11.9. The molecule has 25 heavy (non-hydrogen) atoms. The first kappa shape index (κ1) is 19.9. The fraction of sp³-hybridized carbons (Fsp3) is 0.235. The van der Waals surface area contributed by atoms with Crippen LogP contribution in [0.1, 0.15) is 23.8 Å². The van der Waals surface area contributed by atoms with Crippen LogP contribution < -0.4 is 10.4 Å². The number of carbonyl (C=O) groups is 2. The number of methoxy groups -OCH3 is 1. The number of ether oxygens (including phenoxy) is 2. The third-order valence-electron chi connectivity index (χ3n) is 2.93. The highest BCUT2D eigenvalue weighted by Gasteiger charge is 2.20. The molecule has 8 heteroatoms. The Bertz CT molecular complexity index is 768.